The summed E-state index contributed by atoms with van der Waals surface area (Å²) in [6.45, 7) is 4.46. The van der Waals surface area contributed by atoms with Crippen molar-refractivity contribution in [3.8, 4) is 0 Å². The van der Waals surface area contributed by atoms with E-state index in [0.717, 1.165) is 0 Å². The smallest absolute Gasteiger partial charge is 0.254 e. The van der Waals surface area contributed by atoms with Gasteiger partial charge >= 0.3 is 0 Å². The minimum absolute atomic E-state index is 0.367. The molecule has 1 amide bonds. The topological polar surface area (TPSA) is 60.8 Å². The van der Waals surface area contributed by atoms with Gasteiger partial charge < -0.3 is 15.1 Å². The van der Waals surface area contributed by atoms with Crippen molar-refractivity contribution in [2.24, 2.45) is 0 Å². The average molecular weight is 173 g/mol. The summed E-state index contributed by atoms with van der Waals surface area (Å²) in [6.07, 6.45) is -0.820. The highest BCUT2D eigenvalue weighted by Gasteiger charge is 2.42. The molecular weight excluding hydrogens is 158 g/mol. The molecule has 0 aromatic heterocycles. The molecule has 0 bridgehead atoms. The number of piperidine rings is 1. The van der Waals surface area contributed by atoms with Crippen LogP contribution in [0, 0.1) is 0 Å². The molecule has 1 aliphatic rings. The van der Waals surface area contributed by atoms with E-state index in [9.17, 15) is 15.0 Å². The molecule has 1 aliphatic heterocycles. The average Bonchev–Trinajstić information content (AvgIpc) is 2.01. The van der Waals surface area contributed by atoms with Gasteiger partial charge in [0, 0.05) is 13.1 Å². The van der Waals surface area contributed by atoms with Crippen molar-refractivity contribution in [3.05, 3.63) is 0 Å². The second-order valence-electron chi connectivity index (χ2n) is 3.43. The molecule has 2 atom stereocenters. The Morgan fingerprint density at radius 3 is 2.83 bits per heavy atom. The van der Waals surface area contributed by atoms with E-state index in [-0.39, 0.29) is 5.91 Å². The standard InChI is InChI=1S/C8H15NO3/c1-3-9-5-4-8(2,12)6(10)7(9)11/h6,10,12H,3-5H2,1-2H3. The van der Waals surface area contributed by atoms with Crippen LogP contribution < -0.4 is 0 Å². The first kappa shape index (κ1) is 9.48. The molecule has 0 aromatic carbocycles. The summed E-state index contributed by atoms with van der Waals surface area (Å²) in [5, 5.41) is 18.9. The molecule has 4 heteroatoms. The normalized spacial score (nSPS) is 37.2. The van der Waals surface area contributed by atoms with Gasteiger partial charge in [0.1, 0.15) is 0 Å². The van der Waals surface area contributed by atoms with Crippen LogP contribution in [0.5, 0.6) is 0 Å². The lowest BCUT2D eigenvalue weighted by Gasteiger charge is -2.38. The van der Waals surface area contributed by atoms with Crippen molar-refractivity contribution < 1.29 is 15.0 Å². The molecule has 1 heterocycles. The number of carbonyl (C=O) groups excluding carboxylic acids is 1. The molecule has 0 spiro atoms. The van der Waals surface area contributed by atoms with E-state index >= 15 is 0 Å². The molecular formula is C8H15NO3. The van der Waals surface area contributed by atoms with Crippen LogP contribution in [0.25, 0.3) is 0 Å². The van der Waals surface area contributed by atoms with E-state index in [1.54, 1.807) is 4.90 Å². The number of hydrogen-bond donors (Lipinski definition) is 2. The highest BCUT2D eigenvalue weighted by molar-refractivity contribution is 5.82. The van der Waals surface area contributed by atoms with Gasteiger partial charge in [-0.1, -0.05) is 0 Å². The van der Waals surface area contributed by atoms with Gasteiger partial charge in [-0.15, -0.1) is 0 Å². The van der Waals surface area contributed by atoms with Gasteiger partial charge in [-0.2, -0.15) is 0 Å². The van der Waals surface area contributed by atoms with Crippen molar-refractivity contribution in [1.29, 1.82) is 0 Å². The fourth-order valence-corrected chi connectivity index (χ4v) is 1.36. The van der Waals surface area contributed by atoms with E-state index < -0.39 is 11.7 Å². The molecule has 4 nitrogen and oxygen atoms in total. The fraction of sp³-hybridized carbons (Fsp3) is 0.875. The molecule has 0 radical (unpaired) electrons. The largest absolute Gasteiger partial charge is 0.387 e. The molecule has 70 valence electrons. The van der Waals surface area contributed by atoms with Gasteiger partial charge in [0.05, 0.1) is 5.60 Å². The number of likely N-dealkylation sites (tertiary alicyclic amines) is 1. The number of aliphatic hydroxyl groups is 2. The Hall–Kier alpha value is -0.610. The second-order valence-corrected chi connectivity index (χ2v) is 3.43. The van der Waals surface area contributed by atoms with Crippen molar-refractivity contribution in [2.75, 3.05) is 13.1 Å². The van der Waals surface area contributed by atoms with Crippen molar-refractivity contribution >= 4 is 5.91 Å². The van der Waals surface area contributed by atoms with Crippen LogP contribution in [-0.2, 0) is 4.79 Å². The van der Waals surface area contributed by atoms with Crippen LogP contribution >= 0.6 is 0 Å². The predicted molar refractivity (Wildman–Crippen MR) is 43.5 cm³/mol. The van der Waals surface area contributed by atoms with E-state index in [0.29, 0.717) is 19.5 Å². The summed E-state index contributed by atoms with van der Waals surface area (Å²) < 4.78 is 0. The number of nitrogens with zero attached hydrogens (tertiary/aromatic N) is 1. The maximum atomic E-state index is 11.3. The van der Waals surface area contributed by atoms with Crippen LogP contribution in [0.2, 0.25) is 0 Å². The van der Waals surface area contributed by atoms with E-state index in [4.69, 9.17) is 0 Å². The van der Waals surface area contributed by atoms with E-state index in [1.807, 2.05) is 6.92 Å². The van der Waals surface area contributed by atoms with E-state index in [2.05, 4.69) is 0 Å². The summed E-state index contributed by atoms with van der Waals surface area (Å²) in [7, 11) is 0. The molecule has 1 fully saturated rings. The Labute approximate surface area is 71.8 Å². The first-order valence-corrected chi connectivity index (χ1v) is 4.18. The number of aliphatic hydroxyl groups excluding tert-OH is 1. The summed E-state index contributed by atoms with van der Waals surface area (Å²) in [5.41, 5.74) is -1.25. The minimum Gasteiger partial charge on any atom is -0.387 e. The van der Waals surface area contributed by atoms with Gasteiger partial charge in [-0.3, -0.25) is 4.79 Å². The Morgan fingerprint density at radius 1 is 1.75 bits per heavy atom. The van der Waals surface area contributed by atoms with Crippen LogP contribution in [0.1, 0.15) is 20.3 Å². The fourth-order valence-electron chi connectivity index (χ4n) is 1.36. The zero-order valence-corrected chi connectivity index (χ0v) is 7.45. The lowest BCUT2D eigenvalue weighted by Crippen LogP contribution is -2.57. The maximum Gasteiger partial charge on any atom is 0.254 e. The lowest BCUT2D eigenvalue weighted by molar-refractivity contribution is -0.165. The number of carbonyl (C=O) groups is 1. The van der Waals surface area contributed by atoms with Crippen LogP contribution in [0.15, 0.2) is 0 Å². The molecule has 0 aliphatic carbocycles. The zero-order chi connectivity index (χ0) is 9.35. The maximum absolute atomic E-state index is 11.3. The molecule has 1 rings (SSSR count). The van der Waals surface area contributed by atoms with Crippen LogP contribution in [0.4, 0.5) is 0 Å². The first-order chi connectivity index (χ1) is 5.49. The zero-order valence-electron chi connectivity index (χ0n) is 7.45. The number of amides is 1. The number of likely N-dealkylation sites (N-methyl/N-ethyl adjacent to an activating group) is 1. The monoisotopic (exact) mass is 173 g/mol. The Bertz CT molecular complexity index is 191. The third-order valence-corrected chi connectivity index (χ3v) is 2.40. The van der Waals surface area contributed by atoms with Crippen LogP contribution in [0.3, 0.4) is 0 Å². The Kier molecular flexibility index (Phi) is 2.39. The summed E-state index contributed by atoms with van der Waals surface area (Å²) >= 11 is 0. The highest BCUT2D eigenvalue weighted by atomic mass is 16.4. The third-order valence-electron chi connectivity index (χ3n) is 2.40. The van der Waals surface area contributed by atoms with Gasteiger partial charge in [-0.05, 0) is 20.3 Å². The lowest BCUT2D eigenvalue weighted by atomic mass is 9.90. The summed E-state index contributed by atoms with van der Waals surface area (Å²) in [5.74, 6) is -0.367. The molecule has 0 aromatic rings. The second kappa shape index (κ2) is 3.03. The Morgan fingerprint density at radius 2 is 2.33 bits per heavy atom. The number of hydrogen-bond acceptors (Lipinski definition) is 3. The van der Waals surface area contributed by atoms with Gasteiger partial charge in [0.15, 0.2) is 6.10 Å². The minimum atomic E-state index is -1.26. The predicted octanol–water partition coefficient (Wildman–Crippen LogP) is -0.650. The quantitative estimate of drug-likeness (QED) is 0.554. The SMILES string of the molecule is CCN1CCC(C)(O)C(O)C1=O. The van der Waals surface area contributed by atoms with Crippen LogP contribution in [-0.4, -0.2) is 45.8 Å². The number of rotatable bonds is 1. The van der Waals surface area contributed by atoms with Crippen molar-refractivity contribution in [2.45, 2.75) is 32.0 Å². The summed E-state index contributed by atoms with van der Waals surface area (Å²) in [4.78, 5) is 12.8. The Balaban J connectivity index is 2.73. The van der Waals surface area contributed by atoms with E-state index in [1.165, 1.54) is 6.92 Å². The van der Waals surface area contributed by atoms with Gasteiger partial charge in [0.25, 0.3) is 5.91 Å². The molecule has 0 saturated carbocycles. The molecule has 12 heavy (non-hydrogen) atoms. The molecule has 1 saturated heterocycles. The third kappa shape index (κ3) is 1.44. The van der Waals surface area contributed by atoms with Crippen molar-refractivity contribution in [1.82, 2.24) is 4.90 Å². The molecule has 2 N–H and O–H groups in total. The molecule has 2 unspecified atom stereocenters. The summed E-state index contributed by atoms with van der Waals surface area (Å²) in [6, 6.07) is 0. The van der Waals surface area contributed by atoms with Gasteiger partial charge in [-0.25, -0.2) is 0 Å². The van der Waals surface area contributed by atoms with Gasteiger partial charge in [0.2, 0.25) is 0 Å². The first-order valence-electron chi connectivity index (χ1n) is 4.18. The van der Waals surface area contributed by atoms with Crippen molar-refractivity contribution in [3.63, 3.8) is 0 Å². The highest BCUT2D eigenvalue weighted by Crippen LogP contribution is 2.22.